The molecule has 1 aromatic carbocycles. The first-order valence-electron chi connectivity index (χ1n) is 5.62. The van der Waals surface area contributed by atoms with Crippen LogP contribution in [0.15, 0.2) is 47.1 Å². The summed E-state index contributed by atoms with van der Waals surface area (Å²) < 4.78 is 4.99. The molecule has 0 fully saturated rings. The average Bonchev–Trinajstić information content (AvgIpc) is 2.83. The molecular weight excluding hydrogens is 246 g/mol. The highest BCUT2D eigenvalue weighted by atomic mass is 16.3. The summed E-state index contributed by atoms with van der Waals surface area (Å²) in [6.45, 7) is 1.43. The summed E-state index contributed by atoms with van der Waals surface area (Å²) in [6.07, 6.45) is 1.47. The monoisotopic (exact) mass is 259 g/mol. The number of furan rings is 1. The van der Waals surface area contributed by atoms with Gasteiger partial charge in [0.1, 0.15) is 0 Å². The van der Waals surface area contributed by atoms with Crippen molar-refractivity contribution in [3.05, 3.63) is 42.7 Å². The van der Waals surface area contributed by atoms with Crippen molar-refractivity contribution >= 4 is 29.2 Å². The Morgan fingerprint density at radius 2 is 1.58 bits per heavy atom. The largest absolute Gasteiger partial charge is 0.449 e. The Hall–Kier alpha value is -2.76. The molecule has 0 saturated carbocycles. The molecule has 6 heteroatoms. The molecule has 0 spiro atoms. The van der Waals surface area contributed by atoms with E-state index in [1.165, 1.54) is 13.2 Å². The highest BCUT2D eigenvalue weighted by Gasteiger charge is 2.04. The summed E-state index contributed by atoms with van der Waals surface area (Å²) in [5, 5.41) is 7.81. The molecule has 0 aliphatic carbocycles. The van der Waals surface area contributed by atoms with Gasteiger partial charge in [-0.15, -0.1) is 0 Å². The second-order valence-electron chi connectivity index (χ2n) is 3.81. The zero-order valence-corrected chi connectivity index (χ0v) is 10.3. The van der Waals surface area contributed by atoms with Crippen LogP contribution in [-0.2, 0) is 4.79 Å². The van der Waals surface area contributed by atoms with Gasteiger partial charge in [-0.1, -0.05) is 0 Å². The van der Waals surface area contributed by atoms with E-state index in [0.717, 1.165) is 0 Å². The molecule has 19 heavy (non-hydrogen) atoms. The number of carbonyl (C=O) groups excluding carboxylic acids is 2. The van der Waals surface area contributed by atoms with Crippen LogP contribution in [-0.4, -0.2) is 11.9 Å². The minimum Gasteiger partial charge on any atom is -0.449 e. The van der Waals surface area contributed by atoms with E-state index < -0.39 is 6.03 Å². The maximum atomic E-state index is 11.6. The Morgan fingerprint density at radius 1 is 0.947 bits per heavy atom. The third kappa shape index (κ3) is 3.88. The van der Waals surface area contributed by atoms with Crippen LogP contribution in [0.4, 0.5) is 22.1 Å². The Bertz CT molecular complexity index is 561. The molecule has 0 aliphatic heterocycles. The SMILES string of the molecule is CC(=O)Nc1ccc(NC(=O)Nc2ccco2)cc1. The normalized spacial score (nSPS) is 9.74. The highest BCUT2D eigenvalue weighted by molar-refractivity contribution is 5.99. The van der Waals surface area contributed by atoms with E-state index in [1.807, 2.05) is 0 Å². The lowest BCUT2D eigenvalue weighted by atomic mass is 10.3. The molecule has 2 aromatic rings. The minimum absolute atomic E-state index is 0.142. The Morgan fingerprint density at radius 3 is 2.11 bits per heavy atom. The maximum absolute atomic E-state index is 11.6. The zero-order chi connectivity index (χ0) is 13.7. The number of carbonyl (C=O) groups is 2. The standard InChI is InChI=1S/C13H13N3O3/c1-9(17)14-10-4-6-11(7-5-10)15-13(18)16-12-3-2-8-19-12/h2-8H,1H3,(H,14,17)(H2,15,16,18). The second kappa shape index (κ2) is 5.72. The van der Waals surface area contributed by atoms with Crippen molar-refractivity contribution < 1.29 is 14.0 Å². The third-order valence-corrected chi connectivity index (χ3v) is 2.22. The van der Waals surface area contributed by atoms with Gasteiger partial charge < -0.3 is 15.1 Å². The van der Waals surface area contributed by atoms with Crippen LogP contribution in [0.3, 0.4) is 0 Å². The van der Waals surface area contributed by atoms with Gasteiger partial charge in [-0.05, 0) is 30.3 Å². The molecule has 0 bridgehead atoms. The zero-order valence-electron chi connectivity index (χ0n) is 10.3. The number of nitrogens with one attached hydrogen (secondary N) is 3. The Kier molecular flexibility index (Phi) is 3.82. The highest BCUT2D eigenvalue weighted by Crippen LogP contribution is 2.14. The Labute approximate surface area is 109 Å². The van der Waals surface area contributed by atoms with Gasteiger partial charge in [0.25, 0.3) is 0 Å². The smallest absolute Gasteiger partial charge is 0.326 e. The van der Waals surface area contributed by atoms with Crippen molar-refractivity contribution in [3.8, 4) is 0 Å². The molecule has 1 aromatic heterocycles. The van der Waals surface area contributed by atoms with Gasteiger partial charge in [0.05, 0.1) is 6.26 Å². The fraction of sp³-hybridized carbons (Fsp3) is 0.0769. The minimum atomic E-state index is -0.401. The fourth-order valence-corrected chi connectivity index (χ4v) is 1.46. The van der Waals surface area contributed by atoms with Gasteiger partial charge in [-0.25, -0.2) is 4.79 Å². The van der Waals surface area contributed by atoms with Crippen molar-refractivity contribution in [2.24, 2.45) is 0 Å². The predicted octanol–water partition coefficient (Wildman–Crippen LogP) is 2.88. The van der Waals surface area contributed by atoms with Gasteiger partial charge in [-0.3, -0.25) is 10.1 Å². The molecule has 1 heterocycles. The second-order valence-corrected chi connectivity index (χ2v) is 3.81. The van der Waals surface area contributed by atoms with E-state index in [2.05, 4.69) is 16.0 Å². The molecule has 3 N–H and O–H groups in total. The molecule has 0 atom stereocenters. The fourth-order valence-electron chi connectivity index (χ4n) is 1.46. The maximum Gasteiger partial charge on any atom is 0.326 e. The molecular formula is C13H13N3O3. The summed E-state index contributed by atoms with van der Waals surface area (Å²) in [6, 6.07) is 9.69. The summed E-state index contributed by atoms with van der Waals surface area (Å²) >= 11 is 0. The molecule has 2 rings (SSSR count). The third-order valence-electron chi connectivity index (χ3n) is 2.22. The topological polar surface area (TPSA) is 83.4 Å². The van der Waals surface area contributed by atoms with Crippen LogP contribution >= 0.6 is 0 Å². The molecule has 6 nitrogen and oxygen atoms in total. The van der Waals surface area contributed by atoms with E-state index in [9.17, 15) is 9.59 Å². The Balaban J connectivity index is 1.92. The lowest BCUT2D eigenvalue weighted by molar-refractivity contribution is -0.114. The van der Waals surface area contributed by atoms with Crippen molar-refractivity contribution in [3.63, 3.8) is 0 Å². The van der Waals surface area contributed by atoms with Crippen molar-refractivity contribution in [1.29, 1.82) is 0 Å². The first kappa shape index (κ1) is 12.7. The van der Waals surface area contributed by atoms with Crippen LogP contribution in [0.5, 0.6) is 0 Å². The predicted molar refractivity (Wildman–Crippen MR) is 72.1 cm³/mol. The number of anilines is 3. The van der Waals surface area contributed by atoms with E-state index in [-0.39, 0.29) is 5.91 Å². The summed E-state index contributed by atoms with van der Waals surface area (Å²) in [5.41, 5.74) is 1.28. The van der Waals surface area contributed by atoms with E-state index in [0.29, 0.717) is 17.3 Å². The van der Waals surface area contributed by atoms with Gasteiger partial charge in [0.15, 0.2) is 0 Å². The number of hydrogen-bond acceptors (Lipinski definition) is 3. The summed E-state index contributed by atoms with van der Waals surface area (Å²) in [4.78, 5) is 22.4. The van der Waals surface area contributed by atoms with Crippen LogP contribution in [0, 0.1) is 0 Å². The lowest BCUT2D eigenvalue weighted by Gasteiger charge is -2.07. The molecule has 98 valence electrons. The van der Waals surface area contributed by atoms with E-state index in [1.54, 1.807) is 36.4 Å². The molecule has 0 radical (unpaired) electrons. The quantitative estimate of drug-likeness (QED) is 0.792. The van der Waals surface area contributed by atoms with Crippen LogP contribution in [0.1, 0.15) is 6.92 Å². The van der Waals surface area contributed by atoms with Crippen molar-refractivity contribution in [1.82, 2.24) is 0 Å². The molecule has 0 unspecified atom stereocenters. The number of benzene rings is 1. The lowest BCUT2D eigenvalue weighted by Crippen LogP contribution is -2.19. The number of urea groups is 1. The van der Waals surface area contributed by atoms with Gasteiger partial charge in [0, 0.05) is 24.4 Å². The van der Waals surface area contributed by atoms with Gasteiger partial charge in [-0.2, -0.15) is 0 Å². The average molecular weight is 259 g/mol. The summed E-state index contributed by atoms with van der Waals surface area (Å²) in [7, 11) is 0. The molecule has 0 saturated heterocycles. The number of hydrogen-bond donors (Lipinski definition) is 3. The van der Waals surface area contributed by atoms with Crippen LogP contribution in [0.25, 0.3) is 0 Å². The van der Waals surface area contributed by atoms with Crippen molar-refractivity contribution in [2.45, 2.75) is 6.92 Å². The summed E-state index contributed by atoms with van der Waals surface area (Å²) in [5.74, 6) is 0.226. The van der Waals surface area contributed by atoms with Crippen molar-refractivity contribution in [2.75, 3.05) is 16.0 Å². The van der Waals surface area contributed by atoms with E-state index >= 15 is 0 Å². The van der Waals surface area contributed by atoms with Gasteiger partial charge >= 0.3 is 6.03 Å². The van der Waals surface area contributed by atoms with Gasteiger partial charge in [0.2, 0.25) is 11.8 Å². The van der Waals surface area contributed by atoms with Crippen LogP contribution in [0.2, 0.25) is 0 Å². The number of amides is 3. The van der Waals surface area contributed by atoms with Crippen LogP contribution < -0.4 is 16.0 Å². The molecule has 0 aliphatic rings. The molecule has 3 amide bonds. The first-order valence-corrected chi connectivity index (χ1v) is 5.62. The number of rotatable bonds is 3. The van der Waals surface area contributed by atoms with E-state index in [4.69, 9.17) is 4.42 Å². The first-order chi connectivity index (χ1) is 9.13.